The second-order valence-corrected chi connectivity index (χ2v) is 18.1. The van der Waals surface area contributed by atoms with Gasteiger partial charge in [-0.1, -0.05) is 194 Å². The van der Waals surface area contributed by atoms with E-state index in [0.29, 0.717) is 0 Å². The molecular weight excluding hydrogens is 835 g/mol. The molecule has 0 aliphatic carbocycles. The molecular formula is C66H41N3. The van der Waals surface area contributed by atoms with Gasteiger partial charge in [-0.25, -0.2) is 4.98 Å². The van der Waals surface area contributed by atoms with Gasteiger partial charge in [0.15, 0.2) is 0 Å². The van der Waals surface area contributed by atoms with Crippen LogP contribution in [0.15, 0.2) is 249 Å². The summed E-state index contributed by atoms with van der Waals surface area (Å²) in [7, 11) is 0. The van der Waals surface area contributed by atoms with E-state index in [0.717, 1.165) is 61.0 Å². The monoisotopic (exact) mass is 875 g/mol. The summed E-state index contributed by atoms with van der Waals surface area (Å²) in [5, 5.41) is 12.1. The van der Waals surface area contributed by atoms with E-state index in [1.807, 2.05) is 6.20 Å². The Bertz CT molecular complexity index is 4190. The first-order chi connectivity index (χ1) is 34.2. The van der Waals surface area contributed by atoms with Crippen LogP contribution < -0.4 is 0 Å². The molecule has 3 heteroatoms. The van der Waals surface area contributed by atoms with Crippen LogP contribution in [0.2, 0.25) is 0 Å². The summed E-state index contributed by atoms with van der Waals surface area (Å²) in [5.74, 6) is 0. The third-order valence-corrected chi connectivity index (χ3v) is 14.2. The summed E-state index contributed by atoms with van der Waals surface area (Å²) in [4.78, 5) is 10.3. The highest BCUT2D eigenvalue weighted by atomic mass is 15.0. The molecule has 0 unspecified atom stereocenters. The molecule has 0 N–H and O–H groups in total. The van der Waals surface area contributed by atoms with E-state index < -0.39 is 0 Å². The lowest BCUT2D eigenvalue weighted by Gasteiger charge is -2.12. The molecule has 0 saturated heterocycles. The smallest absolute Gasteiger partial charge is 0.0979 e. The standard InChI is InChI=1S/C66H41N3/c1-3-21-52-43(13-1)15-11-27-54(52)48-31-35-63-60(39-48)61-40-49(55-28-12-16-44-14-2-4-22-53(44)55)32-36-64(61)69(63)51-33-29-42(30-34-51)45-17-9-18-46(37-45)47-19-10-20-50(38-47)62-41-67-65-58-25-7-5-23-56(58)57-24-6-8-26-59(57)66(65)68-62/h1-41H. The van der Waals surface area contributed by atoms with Crippen LogP contribution in [-0.2, 0) is 0 Å². The van der Waals surface area contributed by atoms with Crippen molar-refractivity contribution < 1.29 is 0 Å². The first kappa shape index (κ1) is 39.0. The van der Waals surface area contributed by atoms with Crippen molar-refractivity contribution in [1.29, 1.82) is 0 Å². The van der Waals surface area contributed by atoms with Crippen LogP contribution in [0.3, 0.4) is 0 Å². The Hall–Kier alpha value is -9.18. The Labute approximate surface area is 398 Å². The van der Waals surface area contributed by atoms with Crippen molar-refractivity contribution in [3.8, 4) is 61.5 Å². The minimum atomic E-state index is 0.858. The van der Waals surface area contributed by atoms with Crippen LogP contribution in [0.5, 0.6) is 0 Å². The van der Waals surface area contributed by atoms with Gasteiger partial charge >= 0.3 is 0 Å². The van der Waals surface area contributed by atoms with Crippen LogP contribution in [0.25, 0.3) is 137 Å². The Morgan fingerprint density at radius 3 is 1.29 bits per heavy atom. The van der Waals surface area contributed by atoms with E-state index in [4.69, 9.17) is 9.97 Å². The molecule has 12 aromatic carbocycles. The lowest BCUT2D eigenvalue weighted by Crippen LogP contribution is -1.94. The average Bonchev–Trinajstić information content (AvgIpc) is 3.75. The van der Waals surface area contributed by atoms with E-state index >= 15 is 0 Å². The summed E-state index contributed by atoms with van der Waals surface area (Å²) < 4.78 is 2.43. The Kier molecular flexibility index (Phi) is 8.90. The molecule has 3 nitrogen and oxygen atoms in total. The zero-order valence-electron chi connectivity index (χ0n) is 37.5. The van der Waals surface area contributed by atoms with Crippen LogP contribution in [0, 0.1) is 0 Å². The van der Waals surface area contributed by atoms with E-state index in [-0.39, 0.29) is 0 Å². The number of rotatable bonds is 6. The van der Waals surface area contributed by atoms with Crippen molar-refractivity contribution in [2.45, 2.75) is 0 Å². The van der Waals surface area contributed by atoms with Gasteiger partial charge in [0.05, 0.1) is 34.0 Å². The molecule has 0 radical (unpaired) electrons. The summed E-state index contributed by atoms with van der Waals surface area (Å²) in [6.07, 6.45) is 1.92. The van der Waals surface area contributed by atoms with Gasteiger partial charge in [-0.15, -0.1) is 0 Å². The van der Waals surface area contributed by atoms with Crippen LogP contribution in [0.1, 0.15) is 0 Å². The second-order valence-electron chi connectivity index (χ2n) is 18.1. The van der Waals surface area contributed by atoms with E-state index in [9.17, 15) is 0 Å². The fraction of sp³-hybridized carbons (Fsp3) is 0. The predicted octanol–water partition coefficient (Wildman–Crippen LogP) is 17.7. The number of nitrogens with zero attached hydrogens (tertiary/aromatic N) is 3. The highest BCUT2D eigenvalue weighted by Crippen LogP contribution is 2.41. The molecule has 0 bridgehead atoms. The van der Waals surface area contributed by atoms with Gasteiger partial charge in [0.2, 0.25) is 0 Å². The van der Waals surface area contributed by atoms with E-state index in [1.165, 1.54) is 76.4 Å². The van der Waals surface area contributed by atoms with Crippen molar-refractivity contribution in [3.63, 3.8) is 0 Å². The van der Waals surface area contributed by atoms with Gasteiger partial charge < -0.3 is 4.57 Å². The molecule has 0 amide bonds. The van der Waals surface area contributed by atoms with Crippen molar-refractivity contribution in [3.05, 3.63) is 249 Å². The zero-order chi connectivity index (χ0) is 45.4. The molecule has 0 spiro atoms. The van der Waals surface area contributed by atoms with Gasteiger partial charge in [0, 0.05) is 32.8 Å². The van der Waals surface area contributed by atoms with Gasteiger partial charge in [-0.2, -0.15) is 0 Å². The minimum absolute atomic E-state index is 0.858. The summed E-state index contributed by atoms with van der Waals surface area (Å²) >= 11 is 0. The van der Waals surface area contributed by atoms with Crippen molar-refractivity contribution >= 4 is 75.9 Å². The predicted molar refractivity (Wildman–Crippen MR) is 291 cm³/mol. The Morgan fingerprint density at radius 1 is 0.275 bits per heavy atom. The highest BCUT2D eigenvalue weighted by molar-refractivity contribution is 6.23. The second kappa shape index (κ2) is 15.7. The third-order valence-electron chi connectivity index (χ3n) is 14.2. The first-order valence-corrected chi connectivity index (χ1v) is 23.6. The van der Waals surface area contributed by atoms with Gasteiger partial charge in [0.1, 0.15) is 0 Å². The van der Waals surface area contributed by atoms with Crippen LogP contribution in [0.4, 0.5) is 0 Å². The Balaban J connectivity index is 0.843. The maximum Gasteiger partial charge on any atom is 0.0979 e. The van der Waals surface area contributed by atoms with Crippen LogP contribution >= 0.6 is 0 Å². The summed E-state index contributed by atoms with van der Waals surface area (Å²) in [5.41, 5.74) is 16.7. The lowest BCUT2D eigenvalue weighted by molar-refractivity contribution is 1.18. The molecule has 14 aromatic rings. The van der Waals surface area contributed by atoms with Crippen molar-refractivity contribution in [2.24, 2.45) is 0 Å². The molecule has 0 aliphatic heterocycles. The molecule has 0 aliphatic rings. The molecule has 0 atom stereocenters. The van der Waals surface area contributed by atoms with Crippen LogP contribution in [-0.4, -0.2) is 14.5 Å². The SMILES string of the molecule is c1cc(-c2ccc(-n3c4ccc(-c5cccc6ccccc56)cc4c4cc(-c5cccc6ccccc56)ccc43)cc2)cc(-c2cccc(-c3cnc4c5ccccc5c5ccccc5c4n3)c2)c1. The third kappa shape index (κ3) is 6.43. The van der Waals surface area contributed by atoms with Crippen molar-refractivity contribution in [2.75, 3.05) is 0 Å². The number of benzene rings is 12. The molecule has 2 heterocycles. The topological polar surface area (TPSA) is 30.7 Å². The fourth-order valence-corrected chi connectivity index (χ4v) is 10.9. The highest BCUT2D eigenvalue weighted by Gasteiger charge is 2.18. The van der Waals surface area contributed by atoms with E-state index in [2.05, 4.69) is 247 Å². The summed E-state index contributed by atoms with van der Waals surface area (Å²) in [6.45, 7) is 0. The molecule has 69 heavy (non-hydrogen) atoms. The maximum atomic E-state index is 5.28. The summed E-state index contributed by atoms with van der Waals surface area (Å²) in [6, 6.07) is 88.2. The number of hydrogen-bond donors (Lipinski definition) is 0. The average molecular weight is 876 g/mol. The molecule has 14 rings (SSSR count). The molecule has 2 aromatic heterocycles. The normalized spacial score (nSPS) is 11.8. The number of aromatic nitrogens is 3. The Morgan fingerprint density at radius 2 is 0.710 bits per heavy atom. The van der Waals surface area contributed by atoms with Crippen molar-refractivity contribution in [1.82, 2.24) is 14.5 Å². The zero-order valence-corrected chi connectivity index (χ0v) is 37.5. The largest absolute Gasteiger partial charge is 0.309 e. The molecule has 320 valence electrons. The van der Waals surface area contributed by atoms with E-state index in [1.54, 1.807) is 0 Å². The van der Waals surface area contributed by atoms with Gasteiger partial charge in [0.25, 0.3) is 0 Å². The van der Waals surface area contributed by atoms with Gasteiger partial charge in [-0.3, -0.25) is 4.98 Å². The molecule has 0 saturated carbocycles. The fourth-order valence-electron chi connectivity index (χ4n) is 10.9. The maximum absolute atomic E-state index is 5.28. The molecule has 0 fully saturated rings. The van der Waals surface area contributed by atoms with Gasteiger partial charge in [-0.05, 0) is 125 Å². The number of fused-ring (bicyclic) bond motifs is 11. The number of hydrogen-bond acceptors (Lipinski definition) is 2. The first-order valence-electron chi connectivity index (χ1n) is 23.6. The quantitative estimate of drug-likeness (QED) is 0.156. The minimum Gasteiger partial charge on any atom is -0.309 e. The lowest BCUT2D eigenvalue weighted by atomic mass is 9.95.